The Hall–Kier alpha value is -4.38. The van der Waals surface area contributed by atoms with E-state index in [9.17, 15) is 26.4 Å². The summed E-state index contributed by atoms with van der Waals surface area (Å²) >= 11 is 0. The molecule has 40 heavy (non-hydrogen) atoms. The van der Waals surface area contributed by atoms with E-state index in [4.69, 9.17) is 13.9 Å². The first-order valence-corrected chi connectivity index (χ1v) is 13.8. The molecule has 7 nitrogen and oxygen atoms in total. The van der Waals surface area contributed by atoms with Crippen molar-refractivity contribution in [2.45, 2.75) is 19.6 Å². The fourth-order valence-electron chi connectivity index (χ4n) is 4.59. The lowest BCUT2D eigenvalue weighted by molar-refractivity contribution is -0.137. The predicted molar refractivity (Wildman–Crippen MR) is 145 cm³/mol. The van der Waals surface area contributed by atoms with Gasteiger partial charge in [0.05, 0.1) is 46.7 Å². The van der Waals surface area contributed by atoms with Crippen LogP contribution in [0.15, 0.2) is 72.8 Å². The molecule has 3 aromatic carbocycles. The van der Waals surface area contributed by atoms with E-state index in [-0.39, 0.29) is 29.1 Å². The number of nitrogens with zero attached hydrogens (tertiary/aromatic N) is 2. The Kier molecular flexibility index (Phi) is 6.79. The van der Waals surface area contributed by atoms with E-state index in [2.05, 4.69) is 0 Å². The van der Waals surface area contributed by atoms with Gasteiger partial charge in [0.2, 0.25) is 0 Å². The summed E-state index contributed by atoms with van der Waals surface area (Å²) in [5, 5.41) is 0.543. The monoisotopic (exact) mass is 568 g/mol. The van der Waals surface area contributed by atoms with Crippen LogP contribution in [0, 0.1) is 6.92 Å². The second kappa shape index (κ2) is 9.98. The summed E-state index contributed by atoms with van der Waals surface area (Å²) in [6.07, 6.45) is -3.64. The van der Waals surface area contributed by atoms with E-state index >= 15 is 0 Å². The van der Waals surface area contributed by atoms with E-state index in [0.717, 1.165) is 29.5 Å². The fourth-order valence-corrected chi connectivity index (χ4v) is 5.04. The van der Waals surface area contributed by atoms with Gasteiger partial charge < -0.3 is 13.5 Å². The summed E-state index contributed by atoms with van der Waals surface area (Å²) in [6.45, 7) is 2.23. The normalized spacial score (nSPS) is 12.2. The van der Waals surface area contributed by atoms with Gasteiger partial charge in [-0.1, -0.05) is 42.0 Å². The minimum atomic E-state index is -4.56. The number of pyridine rings is 1. The number of halogens is 3. The topological polar surface area (TPSA) is 87.5 Å². The molecule has 0 atom stereocenters. The van der Waals surface area contributed by atoms with Gasteiger partial charge >= 0.3 is 22.3 Å². The number of hydrogen-bond donors (Lipinski definition) is 0. The number of rotatable bonds is 6. The lowest BCUT2D eigenvalue weighted by atomic mass is 10.0. The summed E-state index contributed by atoms with van der Waals surface area (Å²) in [4.78, 5) is 17.8. The van der Waals surface area contributed by atoms with Crippen molar-refractivity contribution in [3.8, 4) is 17.0 Å². The summed E-state index contributed by atoms with van der Waals surface area (Å²) in [7, 11) is -2.62. The number of alkyl halides is 3. The van der Waals surface area contributed by atoms with Crippen LogP contribution in [-0.2, 0) is 27.6 Å². The van der Waals surface area contributed by atoms with Crippen LogP contribution in [0.25, 0.3) is 33.2 Å². The molecule has 2 aromatic heterocycles. The van der Waals surface area contributed by atoms with Crippen molar-refractivity contribution in [2.24, 2.45) is 0 Å². The molecule has 206 valence electrons. The van der Waals surface area contributed by atoms with Gasteiger partial charge in [-0.2, -0.15) is 21.6 Å². The van der Waals surface area contributed by atoms with E-state index in [1.165, 1.54) is 37.4 Å². The van der Waals surface area contributed by atoms with Crippen LogP contribution in [-0.4, -0.2) is 37.3 Å². The van der Waals surface area contributed by atoms with Crippen LogP contribution >= 0.6 is 0 Å². The van der Waals surface area contributed by atoms with Gasteiger partial charge in [0.15, 0.2) is 0 Å². The Morgan fingerprint density at radius 2 is 1.73 bits per heavy atom. The van der Waals surface area contributed by atoms with Crippen LogP contribution < -0.4 is 4.18 Å². The molecule has 5 aromatic rings. The second-order valence-electron chi connectivity index (χ2n) is 9.36. The highest BCUT2D eigenvalue weighted by Gasteiger charge is 2.31. The molecular formula is C29H23F3N2O5S. The Bertz CT molecular complexity index is 1880. The quantitative estimate of drug-likeness (QED) is 0.175. The van der Waals surface area contributed by atoms with Crippen molar-refractivity contribution in [2.75, 3.05) is 13.4 Å². The molecule has 0 aliphatic carbocycles. The van der Waals surface area contributed by atoms with Gasteiger partial charge in [-0.05, 0) is 42.8 Å². The average Bonchev–Trinajstić information content (AvgIpc) is 3.20. The number of aromatic nitrogens is 2. The number of hydrogen-bond acceptors (Lipinski definition) is 6. The van der Waals surface area contributed by atoms with Crippen molar-refractivity contribution < 1.29 is 35.3 Å². The molecule has 5 rings (SSSR count). The van der Waals surface area contributed by atoms with E-state index < -0.39 is 27.8 Å². The second-order valence-corrected chi connectivity index (χ2v) is 10.9. The highest BCUT2D eigenvalue weighted by Crippen LogP contribution is 2.37. The molecular weight excluding hydrogens is 545 g/mol. The van der Waals surface area contributed by atoms with Gasteiger partial charge in [0, 0.05) is 23.6 Å². The summed E-state index contributed by atoms with van der Waals surface area (Å²) in [5.41, 5.74) is 2.72. The number of carbonyl (C=O) groups is 1. The minimum Gasteiger partial charge on any atom is -0.465 e. The van der Waals surface area contributed by atoms with E-state index in [1.807, 2.05) is 31.2 Å². The maximum Gasteiger partial charge on any atom is 0.416 e. The Labute approximate surface area is 227 Å². The third kappa shape index (κ3) is 5.37. The number of methoxy groups -OCH3 is 1. The average molecular weight is 569 g/mol. The van der Waals surface area contributed by atoms with Crippen LogP contribution in [0.5, 0.6) is 5.75 Å². The molecule has 2 heterocycles. The largest absolute Gasteiger partial charge is 0.465 e. The van der Waals surface area contributed by atoms with Gasteiger partial charge in [0.1, 0.15) is 5.75 Å². The Morgan fingerprint density at radius 3 is 2.38 bits per heavy atom. The fraction of sp³-hybridized carbons (Fsp3) is 0.172. The third-order valence-electron chi connectivity index (χ3n) is 6.38. The van der Waals surface area contributed by atoms with Crippen LogP contribution in [0.3, 0.4) is 0 Å². The van der Waals surface area contributed by atoms with Crippen molar-refractivity contribution in [1.29, 1.82) is 0 Å². The highest BCUT2D eigenvalue weighted by atomic mass is 32.2. The van der Waals surface area contributed by atoms with Crippen LogP contribution in [0.4, 0.5) is 13.2 Å². The standard InChI is InChI=1S/C29H23F3N2O5S/c1-17-7-9-18(10-8-17)16-34-25-14-21(39-40(3,36)37)11-12-22(25)26-27(34)23(28(35)38-2)15-24(33-26)19-5-4-6-20(13-19)29(30,31)32/h4-15H,16H2,1-3H3. The first-order valence-electron chi connectivity index (χ1n) is 12.0. The zero-order valence-electron chi connectivity index (χ0n) is 21.6. The van der Waals surface area contributed by atoms with Gasteiger partial charge in [-0.15, -0.1) is 0 Å². The maximum atomic E-state index is 13.4. The highest BCUT2D eigenvalue weighted by molar-refractivity contribution is 7.86. The molecule has 0 amide bonds. The molecule has 0 N–H and O–H groups in total. The predicted octanol–water partition coefficient (Wildman–Crippen LogP) is 6.36. The number of carbonyl (C=O) groups excluding carboxylic acids is 1. The number of esters is 1. The summed E-state index contributed by atoms with van der Waals surface area (Å²) < 4.78 is 75.9. The number of ether oxygens (including phenoxy) is 1. The minimum absolute atomic E-state index is 0.0562. The number of benzene rings is 3. The Morgan fingerprint density at radius 1 is 1.00 bits per heavy atom. The SMILES string of the molecule is COC(=O)c1cc(-c2cccc(C(F)(F)F)c2)nc2c3ccc(OS(C)(=O)=O)cc3n(Cc3ccc(C)cc3)c12. The number of aryl methyl sites for hydroxylation is 1. The zero-order valence-corrected chi connectivity index (χ0v) is 22.4. The lowest BCUT2D eigenvalue weighted by Gasteiger charge is -2.13. The molecule has 11 heteroatoms. The van der Waals surface area contributed by atoms with Crippen molar-refractivity contribution in [3.63, 3.8) is 0 Å². The van der Waals surface area contributed by atoms with E-state index in [1.54, 1.807) is 10.6 Å². The first-order chi connectivity index (χ1) is 18.8. The van der Waals surface area contributed by atoms with E-state index in [0.29, 0.717) is 21.9 Å². The van der Waals surface area contributed by atoms with Gasteiger partial charge in [-0.3, -0.25) is 0 Å². The van der Waals surface area contributed by atoms with Crippen molar-refractivity contribution >= 4 is 38.0 Å². The summed E-state index contributed by atoms with van der Waals surface area (Å²) in [5.74, 6) is -0.651. The molecule has 0 saturated heterocycles. The molecule has 0 radical (unpaired) electrons. The maximum absolute atomic E-state index is 13.4. The van der Waals surface area contributed by atoms with Crippen molar-refractivity contribution in [1.82, 2.24) is 9.55 Å². The van der Waals surface area contributed by atoms with Crippen LogP contribution in [0.1, 0.15) is 27.0 Å². The summed E-state index contributed by atoms with van der Waals surface area (Å²) in [6, 6.07) is 18.4. The molecule has 0 spiro atoms. The third-order valence-corrected chi connectivity index (χ3v) is 6.87. The van der Waals surface area contributed by atoms with Gasteiger partial charge in [-0.25, -0.2) is 9.78 Å². The Balaban J connectivity index is 1.83. The molecule has 0 fully saturated rings. The molecule has 0 unspecified atom stereocenters. The number of fused-ring (bicyclic) bond motifs is 3. The van der Waals surface area contributed by atoms with Crippen LogP contribution in [0.2, 0.25) is 0 Å². The smallest absolute Gasteiger partial charge is 0.416 e. The van der Waals surface area contributed by atoms with Gasteiger partial charge in [0.25, 0.3) is 0 Å². The molecule has 0 bridgehead atoms. The molecule has 0 aliphatic heterocycles. The van der Waals surface area contributed by atoms with Crippen molar-refractivity contribution in [3.05, 3.63) is 95.1 Å². The lowest BCUT2D eigenvalue weighted by Crippen LogP contribution is -2.09. The molecule has 0 saturated carbocycles. The first kappa shape index (κ1) is 27.2. The molecule has 0 aliphatic rings. The zero-order chi connectivity index (χ0) is 28.8.